The molecule has 0 aliphatic carbocycles. The molecule has 0 saturated carbocycles. The molecule has 0 amide bonds. The molecule has 1 aromatic heterocycles. The Morgan fingerprint density at radius 1 is 1.30 bits per heavy atom. The molecule has 0 fully saturated rings. The van der Waals surface area contributed by atoms with Crippen LogP contribution in [-0.4, -0.2) is 25.3 Å². The summed E-state index contributed by atoms with van der Waals surface area (Å²) in [6.45, 7) is 1.67. The van der Waals surface area contributed by atoms with Crippen LogP contribution in [0.5, 0.6) is 11.5 Å². The number of rotatable bonds is 4. The maximum Gasteiger partial charge on any atom is 0.340 e. The highest BCUT2D eigenvalue weighted by Gasteiger charge is 2.18. The second kappa shape index (κ2) is 5.24. The maximum atomic E-state index is 11.9. The van der Waals surface area contributed by atoms with Crippen LogP contribution in [0.3, 0.4) is 0 Å². The smallest absolute Gasteiger partial charge is 0.340 e. The zero-order valence-corrected chi connectivity index (χ0v) is 11.4. The first-order chi connectivity index (χ1) is 9.47. The Balaban J connectivity index is 2.83. The van der Waals surface area contributed by atoms with Crippen molar-refractivity contribution < 1.29 is 23.8 Å². The van der Waals surface area contributed by atoms with Crippen molar-refractivity contribution in [2.75, 3.05) is 14.2 Å². The van der Waals surface area contributed by atoms with E-state index in [0.29, 0.717) is 28.0 Å². The molecule has 2 rings (SSSR count). The van der Waals surface area contributed by atoms with E-state index in [1.54, 1.807) is 19.1 Å². The summed E-state index contributed by atoms with van der Waals surface area (Å²) in [7, 11) is 2.97. The Labute approximate surface area is 114 Å². The lowest BCUT2D eigenvalue weighted by atomic mass is 10.0. The highest BCUT2D eigenvalue weighted by molar-refractivity contribution is 5.89. The number of hydrogen-bond acceptors (Lipinski definition) is 5. The maximum absolute atomic E-state index is 11.9. The Kier molecular flexibility index (Phi) is 3.65. The minimum absolute atomic E-state index is 0.119. The van der Waals surface area contributed by atoms with E-state index in [1.165, 1.54) is 14.2 Å². The third kappa shape index (κ3) is 2.32. The lowest BCUT2D eigenvalue weighted by Crippen LogP contribution is -2.15. The lowest BCUT2D eigenvalue weighted by molar-refractivity contribution is -0.136. The van der Waals surface area contributed by atoms with E-state index in [2.05, 4.69) is 0 Å². The quantitative estimate of drug-likeness (QED) is 0.857. The Morgan fingerprint density at radius 2 is 2.00 bits per heavy atom. The molecule has 1 aromatic carbocycles. The second-order valence-electron chi connectivity index (χ2n) is 4.27. The minimum Gasteiger partial charge on any atom is -0.496 e. The summed E-state index contributed by atoms with van der Waals surface area (Å²) in [4.78, 5) is 22.7. The van der Waals surface area contributed by atoms with Gasteiger partial charge in [0.1, 0.15) is 17.1 Å². The van der Waals surface area contributed by atoms with E-state index in [9.17, 15) is 9.59 Å². The third-order valence-electron chi connectivity index (χ3n) is 3.10. The summed E-state index contributed by atoms with van der Waals surface area (Å²) in [6, 6.07) is 3.22. The van der Waals surface area contributed by atoms with Crippen molar-refractivity contribution in [1.29, 1.82) is 0 Å². The molecule has 2 aromatic rings. The van der Waals surface area contributed by atoms with Crippen LogP contribution in [0.1, 0.15) is 11.1 Å². The van der Waals surface area contributed by atoms with E-state index in [-0.39, 0.29) is 12.0 Å². The summed E-state index contributed by atoms with van der Waals surface area (Å²) in [5.74, 6) is -0.137. The Morgan fingerprint density at radius 3 is 2.55 bits per heavy atom. The molecule has 106 valence electrons. The van der Waals surface area contributed by atoms with Gasteiger partial charge in [-0.2, -0.15) is 0 Å². The van der Waals surface area contributed by atoms with Gasteiger partial charge in [-0.05, 0) is 12.5 Å². The molecular formula is C14H14O6. The van der Waals surface area contributed by atoms with Crippen molar-refractivity contribution in [2.45, 2.75) is 13.3 Å². The SMILES string of the molecule is COc1cc(OC)c2c(C)c(CC(=O)O)c(=O)oc2c1. The average molecular weight is 278 g/mol. The van der Waals surface area contributed by atoms with Crippen molar-refractivity contribution in [2.24, 2.45) is 0 Å². The lowest BCUT2D eigenvalue weighted by Gasteiger charge is -2.11. The topological polar surface area (TPSA) is 86.0 Å². The number of ether oxygens (including phenoxy) is 2. The zero-order chi connectivity index (χ0) is 14.9. The van der Waals surface area contributed by atoms with E-state index in [1.807, 2.05) is 0 Å². The van der Waals surface area contributed by atoms with Crippen LogP contribution in [0.15, 0.2) is 21.3 Å². The summed E-state index contributed by atoms with van der Waals surface area (Å²) in [5, 5.41) is 9.44. The molecule has 0 aliphatic rings. The van der Waals surface area contributed by atoms with Gasteiger partial charge in [0, 0.05) is 12.1 Å². The van der Waals surface area contributed by atoms with Crippen molar-refractivity contribution in [3.63, 3.8) is 0 Å². The average Bonchev–Trinajstić information content (AvgIpc) is 2.41. The highest BCUT2D eigenvalue weighted by atomic mass is 16.5. The van der Waals surface area contributed by atoms with E-state index in [0.717, 1.165) is 0 Å². The fraction of sp³-hybridized carbons (Fsp3) is 0.286. The standard InChI is InChI=1S/C14H14O6/c1-7-9(6-12(15)16)14(17)20-11-5-8(18-2)4-10(19-3)13(7)11/h4-5H,6H2,1-3H3,(H,15,16). The predicted octanol–water partition coefficient (Wildman–Crippen LogP) is 1.75. The number of carboxylic acid groups (broad SMARTS) is 1. The fourth-order valence-corrected chi connectivity index (χ4v) is 2.12. The molecule has 1 N–H and O–H groups in total. The number of carboxylic acids is 1. The van der Waals surface area contributed by atoms with Crippen molar-refractivity contribution in [1.82, 2.24) is 0 Å². The van der Waals surface area contributed by atoms with Crippen molar-refractivity contribution in [3.8, 4) is 11.5 Å². The van der Waals surface area contributed by atoms with Crippen LogP contribution < -0.4 is 15.1 Å². The van der Waals surface area contributed by atoms with Gasteiger partial charge in [-0.15, -0.1) is 0 Å². The van der Waals surface area contributed by atoms with Crippen LogP contribution in [0.2, 0.25) is 0 Å². The normalized spacial score (nSPS) is 10.6. The Hall–Kier alpha value is -2.50. The van der Waals surface area contributed by atoms with Crippen molar-refractivity contribution >= 4 is 16.9 Å². The molecule has 20 heavy (non-hydrogen) atoms. The number of methoxy groups -OCH3 is 2. The minimum atomic E-state index is -1.09. The monoisotopic (exact) mass is 278 g/mol. The summed E-state index contributed by atoms with van der Waals surface area (Å²) in [5.41, 5.74) is 0.303. The molecule has 0 saturated heterocycles. The fourth-order valence-electron chi connectivity index (χ4n) is 2.12. The van der Waals surface area contributed by atoms with E-state index >= 15 is 0 Å². The van der Waals surface area contributed by atoms with Gasteiger partial charge in [0.15, 0.2) is 0 Å². The zero-order valence-electron chi connectivity index (χ0n) is 11.4. The Bertz CT molecular complexity index is 729. The largest absolute Gasteiger partial charge is 0.496 e. The van der Waals surface area contributed by atoms with E-state index < -0.39 is 11.6 Å². The molecule has 0 spiro atoms. The molecule has 0 aliphatic heterocycles. The predicted molar refractivity (Wildman–Crippen MR) is 71.7 cm³/mol. The van der Waals surface area contributed by atoms with Gasteiger partial charge in [-0.25, -0.2) is 4.79 Å². The number of hydrogen-bond donors (Lipinski definition) is 1. The van der Waals surface area contributed by atoms with Crippen LogP contribution in [0.4, 0.5) is 0 Å². The molecule has 0 bridgehead atoms. The molecule has 6 nitrogen and oxygen atoms in total. The number of aliphatic carboxylic acids is 1. The highest BCUT2D eigenvalue weighted by Crippen LogP contribution is 2.33. The first kappa shape index (κ1) is 13.9. The molecule has 0 unspecified atom stereocenters. The van der Waals surface area contributed by atoms with Gasteiger partial charge >= 0.3 is 11.6 Å². The van der Waals surface area contributed by atoms with Gasteiger partial charge in [-0.1, -0.05) is 0 Å². The van der Waals surface area contributed by atoms with Crippen molar-refractivity contribution in [3.05, 3.63) is 33.7 Å². The summed E-state index contributed by atoms with van der Waals surface area (Å²) < 4.78 is 15.5. The molecule has 1 heterocycles. The number of carbonyl (C=O) groups is 1. The van der Waals surface area contributed by atoms with Crippen LogP contribution in [0, 0.1) is 6.92 Å². The first-order valence-corrected chi connectivity index (χ1v) is 5.88. The van der Waals surface area contributed by atoms with Crippen LogP contribution in [-0.2, 0) is 11.2 Å². The third-order valence-corrected chi connectivity index (χ3v) is 3.10. The second-order valence-corrected chi connectivity index (χ2v) is 4.27. The number of benzene rings is 1. The van der Waals surface area contributed by atoms with Gasteiger partial charge in [0.05, 0.1) is 31.6 Å². The van der Waals surface area contributed by atoms with Gasteiger partial charge in [-0.3, -0.25) is 4.79 Å². The van der Waals surface area contributed by atoms with Crippen LogP contribution >= 0.6 is 0 Å². The van der Waals surface area contributed by atoms with E-state index in [4.69, 9.17) is 19.0 Å². The van der Waals surface area contributed by atoms with Crippen LogP contribution in [0.25, 0.3) is 11.0 Å². The number of fused-ring (bicyclic) bond motifs is 1. The van der Waals surface area contributed by atoms with Gasteiger partial charge in [0.25, 0.3) is 0 Å². The molecular weight excluding hydrogens is 264 g/mol. The molecule has 6 heteroatoms. The van der Waals surface area contributed by atoms with Gasteiger partial charge < -0.3 is 19.0 Å². The molecule has 0 radical (unpaired) electrons. The molecule has 0 atom stereocenters. The summed E-state index contributed by atoms with van der Waals surface area (Å²) >= 11 is 0. The van der Waals surface area contributed by atoms with Gasteiger partial charge in [0.2, 0.25) is 0 Å². The summed E-state index contributed by atoms with van der Waals surface area (Å²) in [6.07, 6.45) is -0.390. The number of aryl methyl sites for hydroxylation is 1. The first-order valence-electron chi connectivity index (χ1n) is 5.88.